The van der Waals surface area contributed by atoms with E-state index in [1.807, 2.05) is 0 Å². The molecule has 16 heavy (non-hydrogen) atoms. The van der Waals surface area contributed by atoms with Crippen LogP contribution in [0.3, 0.4) is 0 Å². The van der Waals surface area contributed by atoms with Crippen molar-refractivity contribution in [2.45, 2.75) is 25.4 Å². The molecule has 2 aliphatic rings. The van der Waals surface area contributed by atoms with Crippen molar-refractivity contribution in [3.05, 3.63) is 11.6 Å². The molecule has 1 spiro atoms. The molecule has 2 rings (SSSR count). The highest BCUT2D eigenvalue weighted by molar-refractivity contribution is 6.15. The fourth-order valence-electron chi connectivity index (χ4n) is 1.91. The molecule has 0 saturated carbocycles. The summed E-state index contributed by atoms with van der Waals surface area (Å²) in [6.07, 6.45) is 2.79. The first-order valence-electron chi connectivity index (χ1n) is 5.38. The van der Waals surface area contributed by atoms with E-state index in [4.69, 9.17) is 14.2 Å². The number of esters is 2. The molecular weight excluding hydrogens is 212 g/mol. The first-order chi connectivity index (χ1) is 7.67. The summed E-state index contributed by atoms with van der Waals surface area (Å²) in [6, 6.07) is 0. The lowest BCUT2D eigenvalue weighted by Gasteiger charge is -2.30. The van der Waals surface area contributed by atoms with E-state index >= 15 is 0 Å². The average Bonchev–Trinajstić information content (AvgIpc) is 2.57. The minimum absolute atomic E-state index is 0.0174. The van der Waals surface area contributed by atoms with E-state index in [2.05, 4.69) is 0 Å². The number of carbonyl (C=O) groups is 2. The first kappa shape index (κ1) is 11.1. The third-order valence-electron chi connectivity index (χ3n) is 2.76. The van der Waals surface area contributed by atoms with Gasteiger partial charge in [-0.1, -0.05) is 0 Å². The molecule has 0 aromatic heterocycles. The Labute approximate surface area is 93.4 Å². The van der Waals surface area contributed by atoms with Gasteiger partial charge in [0.1, 0.15) is 11.2 Å². The maximum Gasteiger partial charge on any atom is 0.346 e. The van der Waals surface area contributed by atoms with Crippen molar-refractivity contribution in [2.24, 2.45) is 0 Å². The summed E-state index contributed by atoms with van der Waals surface area (Å²) in [5.41, 5.74) is -0.624. The first-order valence-corrected chi connectivity index (χ1v) is 5.38. The maximum absolute atomic E-state index is 11.5. The number of rotatable bonds is 2. The Bertz CT molecular complexity index is 338. The normalized spacial score (nSPS) is 22.8. The molecule has 88 valence electrons. The van der Waals surface area contributed by atoms with Crippen LogP contribution < -0.4 is 0 Å². The molecule has 0 atom stereocenters. The molecule has 1 fully saturated rings. The fraction of sp³-hybridized carbons (Fsp3) is 0.636. The lowest BCUT2D eigenvalue weighted by Crippen LogP contribution is -2.35. The van der Waals surface area contributed by atoms with Gasteiger partial charge in [-0.2, -0.15) is 0 Å². The zero-order valence-electron chi connectivity index (χ0n) is 9.15. The second-order valence-electron chi connectivity index (χ2n) is 3.85. The van der Waals surface area contributed by atoms with Gasteiger partial charge in [-0.3, -0.25) is 0 Å². The molecule has 0 bridgehead atoms. The second kappa shape index (κ2) is 4.25. The minimum atomic E-state index is -0.641. The third kappa shape index (κ3) is 1.95. The molecule has 5 nitrogen and oxygen atoms in total. The van der Waals surface area contributed by atoms with Crippen molar-refractivity contribution in [3.63, 3.8) is 0 Å². The molecular formula is C11H14O5. The van der Waals surface area contributed by atoms with Crippen molar-refractivity contribution >= 4 is 11.9 Å². The molecule has 0 amide bonds. The molecule has 0 unspecified atom stereocenters. The number of hydrogen-bond donors (Lipinski definition) is 0. The number of hydrogen-bond acceptors (Lipinski definition) is 5. The average molecular weight is 226 g/mol. The van der Waals surface area contributed by atoms with Crippen molar-refractivity contribution in [1.82, 2.24) is 0 Å². The Morgan fingerprint density at radius 1 is 1.50 bits per heavy atom. The second-order valence-corrected chi connectivity index (χ2v) is 3.85. The van der Waals surface area contributed by atoms with Crippen LogP contribution in [0.15, 0.2) is 11.6 Å². The van der Waals surface area contributed by atoms with Gasteiger partial charge in [0.15, 0.2) is 0 Å². The van der Waals surface area contributed by atoms with E-state index in [0.717, 1.165) is 0 Å². The van der Waals surface area contributed by atoms with Gasteiger partial charge in [-0.25, -0.2) is 9.59 Å². The van der Waals surface area contributed by atoms with E-state index in [-0.39, 0.29) is 12.2 Å². The SMILES string of the molecule is CCOC(=O)C1=CC2(CCOCC2)OC1=O. The van der Waals surface area contributed by atoms with Gasteiger partial charge in [0.05, 0.1) is 19.8 Å². The highest BCUT2D eigenvalue weighted by Gasteiger charge is 2.43. The smallest absolute Gasteiger partial charge is 0.346 e. The lowest BCUT2D eigenvalue weighted by molar-refractivity contribution is -0.154. The molecule has 0 aromatic carbocycles. The maximum atomic E-state index is 11.5. The van der Waals surface area contributed by atoms with Gasteiger partial charge in [-0.05, 0) is 13.0 Å². The Kier molecular flexibility index (Phi) is 2.96. The summed E-state index contributed by atoms with van der Waals surface area (Å²) in [4.78, 5) is 23.0. The van der Waals surface area contributed by atoms with Crippen LogP contribution in [0.25, 0.3) is 0 Å². The van der Waals surface area contributed by atoms with E-state index < -0.39 is 17.5 Å². The highest BCUT2D eigenvalue weighted by Crippen LogP contribution is 2.34. The van der Waals surface area contributed by atoms with Crippen LogP contribution in [0, 0.1) is 0 Å². The lowest BCUT2D eigenvalue weighted by atomic mass is 9.94. The van der Waals surface area contributed by atoms with Crippen LogP contribution in [0.4, 0.5) is 0 Å². The van der Waals surface area contributed by atoms with Gasteiger partial charge in [0, 0.05) is 12.8 Å². The van der Waals surface area contributed by atoms with E-state index in [9.17, 15) is 9.59 Å². The molecule has 0 aromatic rings. The number of ether oxygens (including phenoxy) is 3. The largest absolute Gasteiger partial charge is 0.462 e. The van der Waals surface area contributed by atoms with Gasteiger partial charge >= 0.3 is 11.9 Å². The Morgan fingerprint density at radius 2 is 2.19 bits per heavy atom. The predicted octanol–water partition coefficient (Wildman–Crippen LogP) is 0.582. The van der Waals surface area contributed by atoms with Gasteiger partial charge in [0.25, 0.3) is 0 Å². The summed E-state index contributed by atoms with van der Waals surface area (Å²) in [7, 11) is 0. The quantitative estimate of drug-likeness (QED) is 0.509. The summed E-state index contributed by atoms with van der Waals surface area (Å²) in [5.74, 6) is -1.18. The van der Waals surface area contributed by atoms with Crippen LogP contribution in [0.1, 0.15) is 19.8 Å². The standard InChI is InChI=1S/C11H14O5/c1-2-15-9(12)8-7-11(16-10(8)13)3-5-14-6-4-11/h7H,2-6H2,1H3. The Morgan fingerprint density at radius 3 is 2.81 bits per heavy atom. The fourth-order valence-corrected chi connectivity index (χ4v) is 1.91. The Balaban J connectivity index is 2.15. The molecule has 5 heteroatoms. The van der Waals surface area contributed by atoms with Crippen LogP contribution in [-0.4, -0.2) is 37.4 Å². The zero-order valence-corrected chi connectivity index (χ0v) is 9.15. The van der Waals surface area contributed by atoms with Crippen molar-refractivity contribution in [3.8, 4) is 0 Å². The molecule has 2 aliphatic heterocycles. The predicted molar refractivity (Wildman–Crippen MR) is 53.6 cm³/mol. The van der Waals surface area contributed by atoms with Crippen molar-refractivity contribution in [1.29, 1.82) is 0 Å². The van der Waals surface area contributed by atoms with Crippen LogP contribution in [0.5, 0.6) is 0 Å². The van der Waals surface area contributed by atoms with Crippen LogP contribution in [-0.2, 0) is 23.8 Å². The Hall–Kier alpha value is -1.36. The highest BCUT2D eigenvalue weighted by atomic mass is 16.6. The zero-order chi connectivity index (χ0) is 11.6. The summed E-state index contributed by atoms with van der Waals surface area (Å²) >= 11 is 0. The molecule has 0 radical (unpaired) electrons. The summed E-state index contributed by atoms with van der Waals surface area (Å²) in [5, 5.41) is 0. The van der Waals surface area contributed by atoms with Crippen molar-refractivity contribution < 1.29 is 23.8 Å². The monoisotopic (exact) mass is 226 g/mol. The topological polar surface area (TPSA) is 61.8 Å². The van der Waals surface area contributed by atoms with Gasteiger partial charge in [-0.15, -0.1) is 0 Å². The molecule has 2 heterocycles. The summed E-state index contributed by atoms with van der Waals surface area (Å²) in [6.45, 7) is 3.03. The van der Waals surface area contributed by atoms with E-state index in [1.54, 1.807) is 13.0 Å². The van der Waals surface area contributed by atoms with Crippen molar-refractivity contribution in [2.75, 3.05) is 19.8 Å². The van der Waals surface area contributed by atoms with E-state index in [0.29, 0.717) is 26.1 Å². The van der Waals surface area contributed by atoms with Gasteiger partial charge < -0.3 is 14.2 Å². The summed E-state index contributed by atoms with van der Waals surface area (Å²) < 4.78 is 15.2. The molecule has 0 N–H and O–H groups in total. The minimum Gasteiger partial charge on any atom is -0.462 e. The molecule has 0 aliphatic carbocycles. The van der Waals surface area contributed by atoms with E-state index in [1.165, 1.54) is 0 Å². The van der Waals surface area contributed by atoms with Crippen LogP contribution >= 0.6 is 0 Å². The van der Waals surface area contributed by atoms with Gasteiger partial charge in [0.2, 0.25) is 0 Å². The van der Waals surface area contributed by atoms with Crippen LogP contribution in [0.2, 0.25) is 0 Å². The molecule has 1 saturated heterocycles. The third-order valence-corrected chi connectivity index (χ3v) is 2.76. The number of carbonyl (C=O) groups excluding carboxylic acids is 2.